The zero-order chi connectivity index (χ0) is 25.9. The molecule has 0 N–H and O–H groups in total. The summed E-state index contributed by atoms with van der Waals surface area (Å²) in [5.74, 6) is 0.206. The van der Waals surface area contributed by atoms with E-state index >= 15 is 0 Å². The lowest BCUT2D eigenvalue weighted by Crippen LogP contribution is -2.51. The van der Waals surface area contributed by atoms with Gasteiger partial charge in [0.15, 0.2) is 0 Å². The third-order valence-electron chi connectivity index (χ3n) is 7.29. The Morgan fingerprint density at radius 3 is 2.47 bits per heavy atom. The van der Waals surface area contributed by atoms with Gasteiger partial charge in [0.05, 0.1) is 11.5 Å². The quantitative estimate of drug-likeness (QED) is 0.478. The maximum atomic E-state index is 13.7. The fourth-order valence-electron chi connectivity index (χ4n) is 5.24. The fraction of sp³-hybridized carbons (Fsp3) is 0.519. The molecule has 2 aromatic carbocycles. The maximum Gasteiger partial charge on any atom is 0.243 e. The number of carbonyl (C=O) groups excluding carboxylic acids is 1. The van der Waals surface area contributed by atoms with Crippen molar-refractivity contribution < 1.29 is 22.3 Å². The molecular formula is C27H34ClFN2O4S. The van der Waals surface area contributed by atoms with Gasteiger partial charge in [0.2, 0.25) is 15.9 Å². The van der Waals surface area contributed by atoms with Crippen molar-refractivity contribution in [2.24, 2.45) is 5.41 Å². The number of sulfonamides is 1. The maximum absolute atomic E-state index is 13.7. The summed E-state index contributed by atoms with van der Waals surface area (Å²) in [5.41, 5.74) is 0.567. The van der Waals surface area contributed by atoms with Gasteiger partial charge in [-0.2, -0.15) is 4.31 Å². The van der Waals surface area contributed by atoms with Crippen LogP contribution in [-0.2, 0) is 14.8 Å². The van der Waals surface area contributed by atoms with Gasteiger partial charge in [-0.25, -0.2) is 12.8 Å². The second-order valence-electron chi connectivity index (χ2n) is 10.2. The first kappa shape index (κ1) is 26.9. The summed E-state index contributed by atoms with van der Waals surface area (Å²) < 4.78 is 48.5. The Morgan fingerprint density at radius 2 is 1.78 bits per heavy atom. The van der Waals surface area contributed by atoms with Gasteiger partial charge in [0.1, 0.15) is 11.6 Å². The molecule has 36 heavy (non-hydrogen) atoms. The van der Waals surface area contributed by atoms with Crippen LogP contribution in [0.2, 0.25) is 5.02 Å². The van der Waals surface area contributed by atoms with Gasteiger partial charge in [-0.15, -0.1) is 0 Å². The second-order valence-corrected chi connectivity index (χ2v) is 12.5. The molecule has 0 spiro atoms. The number of halogens is 2. The summed E-state index contributed by atoms with van der Waals surface area (Å²) in [6, 6.07) is 9.13. The third kappa shape index (κ3) is 6.03. The predicted molar refractivity (Wildman–Crippen MR) is 138 cm³/mol. The standard InChI is InChI=1S/C27H34ClFN2O4S/c1-20-16-23(8-9-24(20)28)35-19-27(17-26(32)30-12-4-3-5-13-30)11-6-14-31(18-27)36(33,34)25-10-7-22(29)15-21(25)2/h7-10,15-16H,3-6,11-14,17-19H2,1-2H3/t27-/m1/s1. The Kier molecular flexibility index (Phi) is 8.27. The molecule has 2 fully saturated rings. The Hall–Kier alpha value is -2.16. The van der Waals surface area contributed by atoms with Gasteiger partial charge >= 0.3 is 0 Å². The smallest absolute Gasteiger partial charge is 0.243 e. The van der Waals surface area contributed by atoms with Crippen molar-refractivity contribution in [1.82, 2.24) is 9.21 Å². The highest BCUT2D eigenvalue weighted by atomic mass is 35.5. The number of rotatable bonds is 7. The van der Waals surface area contributed by atoms with E-state index in [1.807, 2.05) is 17.9 Å². The molecule has 2 heterocycles. The average Bonchev–Trinajstić information content (AvgIpc) is 2.85. The molecule has 2 saturated heterocycles. The highest BCUT2D eigenvalue weighted by Gasteiger charge is 2.43. The van der Waals surface area contributed by atoms with E-state index in [-0.39, 0.29) is 30.4 Å². The average molecular weight is 537 g/mol. The van der Waals surface area contributed by atoms with Crippen LogP contribution >= 0.6 is 11.6 Å². The van der Waals surface area contributed by atoms with E-state index in [2.05, 4.69) is 0 Å². The van der Waals surface area contributed by atoms with Crippen molar-refractivity contribution in [3.63, 3.8) is 0 Å². The van der Waals surface area contributed by atoms with E-state index in [1.165, 1.54) is 22.5 Å². The monoisotopic (exact) mass is 536 g/mol. The molecule has 2 aliphatic heterocycles. The summed E-state index contributed by atoms with van der Waals surface area (Å²) in [7, 11) is -3.87. The van der Waals surface area contributed by atoms with Crippen LogP contribution < -0.4 is 4.74 Å². The van der Waals surface area contributed by atoms with E-state index in [0.29, 0.717) is 35.7 Å². The number of hydrogen-bond donors (Lipinski definition) is 0. The first-order valence-electron chi connectivity index (χ1n) is 12.5. The molecule has 0 aliphatic carbocycles. The molecule has 9 heteroatoms. The highest BCUT2D eigenvalue weighted by molar-refractivity contribution is 7.89. The molecule has 6 nitrogen and oxygen atoms in total. The van der Waals surface area contributed by atoms with E-state index in [0.717, 1.165) is 37.9 Å². The Bertz CT molecular complexity index is 1220. The summed E-state index contributed by atoms with van der Waals surface area (Å²) in [6.07, 6.45) is 4.60. The van der Waals surface area contributed by atoms with E-state index in [9.17, 15) is 17.6 Å². The molecule has 196 valence electrons. The van der Waals surface area contributed by atoms with Crippen molar-refractivity contribution in [3.05, 3.63) is 58.4 Å². The number of hydrogen-bond acceptors (Lipinski definition) is 4. The highest BCUT2D eigenvalue weighted by Crippen LogP contribution is 2.38. The van der Waals surface area contributed by atoms with Crippen molar-refractivity contribution in [2.75, 3.05) is 32.8 Å². The SMILES string of the molecule is Cc1cc(OC[C@@]2(CC(=O)N3CCCCC3)CCCN(S(=O)(=O)c3ccc(F)cc3C)C2)ccc1Cl. The van der Waals surface area contributed by atoms with Crippen LogP contribution in [0, 0.1) is 25.1 Å². The van der Waals surface area contributed by atoms with Gasteiger partial charge in [-0.05, 0) is 93.5 Å². The van der Waals surface area contributed by atoms with Crippen molar-refractivity contribution in [2.45, 2.75) is 57.3 Å². The van der Waals surface area contributed by atoms with Crippen LogP contribution in [0.3, 0.4) is 0 Å². The zero-order valence-electron chi connectivity index (χ0n) is 20.9. The molecule has 0 saturated carbocycles. The minimum Gasteiger partial charge on any atom is -0.493 e. The Labute approximate surface area is 218 Å². The number of piperidine rings is 2. The van der Waals surface area contributed by atoms with Crippen LogP contribution in [0.1, 0.15) is 49.7 Å². The predicted octanol–water partition coefficient (Wildman–Crippen LogP) is 5.35. The zero-order valence-corrected chi connectivity index (χ0v) is 22.5. The van der Waals surface area contributed by atoms with Gasteiger partial charge in [-0.1, -0.05) is 11.6 Å². The topological polar surface area (TPSA) is 66.9 Å². The van der Waals surface area contributed by atoms with Crippen LogP contribution in [0.4, 0.5) is 4.39 Å². The Morgan fingerprint density at radius 1 is 1.03 bits per heavy atom. The number of likely N-dealkylation sites (tertiary alicyclic amines) is 1. The molecule has 0 bridgehead atoms. The first-order valence-corrected chi connectivity index (χ1v) is 14.3. The van der Waals surface area contributed by atoms with Gasteiger partial charge < -0.3 is 9.64 Å². The molecular weight excluding hydrogens is 503 g/mol. The van der Waals surface area contributed by atoms with E-state index in [4.69, 9.17) is 16.3 Å². The molecule has 2 aromatic rings. The van der Waals surface area contributed by atoms with Gasteiger partial charge in [0.25, 0.3) is 0 Å². The number of ether oxygens (including phenoxy) is 1. The van der Waals surface area contributed by atoms with Gasteiger partial charge in [-0.3, -0.25) is 4.79 Å². The van der Waals surface area contributed by atoms with E-state index < -0.39 is 21.3 Å². The third-order valence-corrected chi connectivity index (χ3v) is 9.72. The normalized spacial score (nSPS) is 21.4. The number of amides is 1. The first-order chi connectivity index (χ1) is 17.1. The molecule has 0 unspecified atom stereocenters. The summed E-state index contributed by atoms with van der Waals surface area (Å²) in [5, 5.41) is 0.641. The van der Waals surface area contributed by atoms with Crippen LogP contribution in [-0.4, -0.2) is 56.3 Å². The van der Waals surface area contributed by atoms with Crippen molar-refractivity contribution in [1.29, 1.82) is 0 Å². The molecule has 1 amide bonds. The number of benzene rings is 2. The van der Waals surface area contributed by atoms with Crippen molar-refractivity contribution >= 4 is 27.5 Å². The molecule has 0 radical (unpaired) electrons. The minimum absolute atomic E-state index is 0.0443. The number of nitrogens with zero attached hydrogens (tertiary/aromatic N) is 2. The fourth-order valence-corrected chi connectivity index (χ4v) is 7.16. The summed E-state index contributed by atoms with van der Waals surface area (Å²) in [6.45, 7) is 5.69. The van der Waals surface area contributed by atoms with Crippen LogP contribution in [0.5, 0.6) is 5.75 Å². The van der Waals surface area contributed by atoms with Crippen molar-refractivity contribution in [3.8, 4) is 5.75 Å². The number of aryl methyl sites for hydroxylation is 2. The van der Waals surface area contributed by atoms with Crippen LogP contribution in [0.15, 0.2) is 41.3 Å². The molecule has 2 aliphatic rings. The van der Waals surface area contributed by atoms with E-state index in [1.54, 1.807) is 19.1 Å². The summed E-state index contributed by atoms with van der Waals surface area (Å²) >= 11 is 6.16. The molecule has 0 aromatic heterocycles. The largest absolute Gasteiger partial charge is 0.493 e. The molecule has 1 atom stereocenters. The second kappa shape index (κ2) is 11.1. The number of carbonyl (C=O) groups is 1. The summed E-state index contributed by atoms with van der Waals surface area (Å²) in [4.78, 5) is 15.3. The lowest BCUT2D eigenvalue weighted by Gasteiger charge is -2.42. The molecule has 4 rings (SSSR count). The lowest BCUT2D eigenvalue weighted by molar-refractivity contribution is -0.136. The minimum atomic E-state index is -3.87. The Balaban J connectivity index is 1.60. The lowest BCUT2D eigenvalue weighted by atomic mass is 9.78. The van der Waals surface area contributed by atoms with Gasteiger partial charge in [0, 0.05) is 43.0 Å². The van der Waals surface area contributed by atoms with Crippen LogP contribution in [0.25, 0.3) is 0 Å².